The number of aliphatic hydroxyl groups is 1. The predicted molar refractivity (Wildman–Crippen MR) is 60.3 cm³/mol. The number of hydrogen-bond donors (Lipinski definition) is 1. The summed E-state index contributed by atoms with van der Waals surface area (Å²) >= 11 is 1.50. The van der Waals surface area contributed by atoms with Crippen LogP contribution in [0.5, 0.6) is 0 Å². The summed E-state index contributed by atoms with van der Waals surface area (Å²) in [5.41, 5.74) is 0. The van der Waals surface area contributed by atoms with E-state index in [0.29, 0.717) is 12.5 Å². The Labute approximate surface area is 93.3 Å². The fraction of sp³-hybridized carbons (Fsp3) is 0.545. The Morgan fingerprint density at radius 3 is 3.13 bits per heavy atom. The van der Waals surface area contributed by atoms with Crippen molar-refractivity contribution in [2.75, 3.05) is 26.2 Å². The first kappa shape index (κ1) is 10.8. The molecule has 0 aliphatic carbocycles. The van der Waals surface area contributed by atoms with E-state index in [1.54, 1.807) is 0 Å². The van der Waals surface area contributed by atoms with Gasteiger partial charge in [0.15, 0.2) is 5.78 Å². The van der Waals surface area contributed by atoms with Crippen LogP contribution in [0.15, 0.2) is 17.5 Å². The van der Waals surface area contributed by atoms with Crippen LogP contribution in [-0.2, 0) is 0 Å². The van der Waals surface area contributed by atoms with Gasteiger partial charge in [0, 0.05) is 13.2 Å². The summed E-state index contributed by atoms with van der Waals surface area (Å²) < 4.78 is 0. The minimum atomic E-state index is 0.198. The van der Waals surface area contributed by atoms with Gasteiger partial charge >= 0.3 is 0 Å². The Kier molecular flexibility index (Phi) is 3.51. The Morgan fingerprint density at radius 1 is 1.67 bits per heavy atom. The largest absolute Gasteiger partial charge is 0.396 e. The second-order valence-electron chi connectivity index (χ2n) is 3.97. The quantitative estimate of drug-likeness (QED) is 0.784. The second-order valence-corrected chi connectivity index (χ2v) is 4.92. The highest BCUT2D eigenvalue weighted by atomic mass is 32.1. The molecule has 1 aromatic heterocycles. The number of Topliss-reactive ketones (excluding diaryl/α,β-unsaturated/α-hetero) is 1. The summed E-state index contributed by atoms with van der Waals surface area (Å²) in [7, 11) is 0. The maximum absolute atomic E-state index is 11.8. The molecule has 15 heavy (non-hydrogen) atoms. The second kappa shape index (κ2) is 4.88. The van der Waals surface area contributed by atoms with E-state index in [1.165, 1.54) is 11.3 Å². The zero-order valence-electron chi connectivity index (χ0n) is 8.56. The van der Waals surface area contributed by atoms with Gasteiger partial charge in [-0.05, 0) is 30.3 Å². The third kappa shape index (κ3) is 2.65. The fourth-order valence-electron chi connectivity index (χ4n) is 1.92. The van der Waals surface area contributed by atoms with E-state index >= 15 is 0 Å². The summed E-state index contributed by atoms with van der Waals surface area (Å²) in [6, 6.07) is 3.77. The number of nitrogens with zero attached hydrogens (tertiary/aromatic N) is 1. The van der Waals surface area contributed by atoms with Crippen LogP contribution < -0.4 is 0 Å². The van der Waals surface area contributed by atoms with Crippen molar-refractivity contribution in [2.24, 2.45) is 5.92 Å². The summed E-state index contributed by atoms with van der Waals surface area (Å²) in [6.45, 7) is 2.52. The first-order chi connectivity index (χ1) is 7.29. The molecular weight excluding hydrogens is 210 g/mol. The molecule has 0 radical (unpaired) electrons. The van der Waals surface area contributed by atoms with Crippen LogP contribution in [0.4, 0.5) is 0 Å². The van der Waals surface area contributed by atoms with Crippen molar-refractivity contribution in [3.05, 3.63) is 22.4 Å². The lowest BCUT2D eigenvalue weighted by molar-refractivity contribution is 0.0944. The maximum atomic E-state index is 11.8. The lowest BCUT2D eigenvalue weighted by Crippen LogP contribution is -2.27. The van der Waals surface area contributed by atoms with Crippen LogP contribution >= 0.6 is 11.3 Å². The minimum absolute atomic E-state index is 0.198. The summed E-state index contributed by atoms with van der Waals surface area (Å²) in [6.07, 6.45) is 1.01. The zero-order chi connectivity index (χ0) is 10.7. The van der Waals surface area contributed by atoms with E-state index in [2.05, 4.69) is 4.90 Å². The van der Waals surface area contributed by atoms with Crippen LogP contribution in [0.2, 0.25) is 0 Å². The van der Waals surface area contributed by atoms with Crippen molar-refractivity contribution in [1.82, 2.24) is 4.90 Å². The summed E-state index contributed by atoms with van der Waals surface area (Å²) in [4.78, 5) is 14.7. The molecular formula is C11H15NO2S. The van der Waals surface area contributed by atoms with Crippen LogP contribution in [0, 0.1) is 5.92 Å². The van der Waals surface area contributed by atoms with E-state index in [4.69, 9.17) is 5.11 Å². The van der Waals surface area contributed by atoms with Gasteiger partial charge in [0.1, 0.15) is 0 Å². The van der Waals surface area contributed by atoms with Gasteiger partial charge in [-0.15, -0.1) is 11.3 Å². The van der Waals surface area contributed by atoms with Crippen molar-refractivity contribution < 1.29 is 9.90 Å². The van der Waals surface area contributed by atoms with Crippen LogP contribution in [0.25, 0.3) is 0 Å². The number of carbonyl (C=O) groups is 1. The number of likely N-dealkylation sites (tertiary alicyclic amines) is 1. The fourth-order valence-corrected chi connectivity index (χ4v) is 2.58. The molecule has 4 heteroatoms. The molecule has 1 aliphatic heterocycles. The SMILES string of the molecule is O=C(CN1CCC(CO)C1)c1cccs1. The first-order valence-electron chi connectivity index (χ1n) is 5.19. The normalized spacial score (nSPS) is 22.1. The molecule has 1 saturated heterocycles. The van der Waals surface area contributed by atoms with E-state index in [9.17, 15) is 4.79 Å². The molecule has 1 N–H and O–H groups in total. The van der Waals surface area contributed by atoms with Crippen molar-refractivity contribution in [3.8, 4) is 0 Å². The Morgan fingerprint density at radius 2 is 2.53 bits per heavy atom. The molecule has 1 atom stereocenters. The molecule has 0 bridgehead atoms. The summed E-state index contributed by atoms with van der Waals surface area (Å²) in [5, 5.41) is 10.9. The van der Waals surface area contributed by atoms with E-state index in [-0.39, 0.29) is 12.4 Å². The van der Waals surface area contributed by atoms with Gasteiger partial charge in [0.25, 0.3) is 0 Å². The highest BCUT2D eigenvalue weighted by Crippen LogP contribution is 2.17. The summed E-state index contributed by atoms with van der Waals surface area (Å²) in [5.74, 6) is 0.560. The Hall–Kier alpha value is -0.710. The number of aliphatic hydroxyl groups excluding tert-OH is 1. The van der Waals surface area contributed by atoms with Crippen molar-refractivity contribution in [2.45, 2.75) is 6.42 Å². The first-order valence-corrected chi connectivity index (χ1v) is 6.07. The number of rotatable bonds is 4. The van der Waals surface area contributed by atoms with Gasteiger partial charge in [-0.3, -0.25) is 9.69 Å². The van der Waals surface area contributed by atoms with Gasteiger partial charge in [-0.25, -0.2) is 0 Å². The Bertz CT molecular complexity index is 323. The third-order valence-electron chi connectivity index (χ3n) is 2.79. The van der Waals surface area contributed by atoms with Crippen molar-refractivity contribution >= 4 is 17.1 Å². The average molecular weight is 225 g/mol. The molecule has 0 saturated carbocycles. The van der Waals surface area contributed by atoms with Gasteiger partial charge in [0.2, 0.25) is 0 Å². The molecule has 1 fully saturated rings. The average Bonchev–Trinajstić information content (AvgIpc) is 2.87. The molecule has 1 unspecified atom stereocenters. The number of carbonyl (C=O) groups excluding carboxylic acids is 1. The molecule has 2 heterocycles. The molecule has 0 spiro atoms. The van der Waals surface area contributed by atoms with Gasteiger partial charge in [0.05, 0.1) is 11.4 Å². The van der Waals surface area contributed by atoms with Crippen molar-refractivity contribution in [1.29, 1.82) is 0 Å². The monoisotopic (exact) mass is 225 g/mol. The maximum Gasteiger partial charge on any atom is 0.186 e. The van der Waals surface area contributed by atoms with Gasteiger partial charge < -0.3 is 5.11 Å². The molecule has 2 rings (SSSR count). The smallest absolute Gasteiger partial charge is 0.186 e. The molecule has 1 aromatic rings. The molecule has 3 nitrogen and oxygen atoms in total. The standard InChI is InChI=1S/C11H15NO2S/c13-8-9-3-4-12(6-9)7-10(14)11-2-1-5-15-11/h1-2,5,9,13H,3-4,6-8H2. The van der Waals surface area contributed by atoms with E-state index in [0.717, 1.165) is 24.4 Å². The topological polar surface area (TPSA) is 40.5 Å². The zero-order valence-corrected chi connectivity index (χ0v) is 9.37. The lowest BCUT2D eigenvalue weighted by Gasteiger charge is -2.13. The van der Waals surface area contributed by atoms with Crippen LogP contribution in [0.3, 0.4) is 0 Å². The lowest BCUT2D eigenvalue weighted by atomic mass is 10.1. The van der Waals surface area contributed by atoms with E-state index in [1.807, 2.05) is 17.5 Å². The van der Waals surface area contributed by atoms with Gasteiger partial charge in [-0.2, -0.15) is 0 Å². The molecule has 0 amide bonds. The minimum Gasteiger partial charge on any atom is -0.396 e. The molecule has 82 valence electrons. The van der Waals surface area contributed by atoms with Gasteiger partial charge in [-0.1, -0.05) is 6.07 Å². The molecule has 0 aromatic carbocycles. The van der Waals surface area contributed by atoms with Crippen LogP contribution in [0.1, 0.15) is 16.1 Å². The number of hydrogen-bond acceptors (Lipinski definition) is 4. The third-order valence-corrected chi connectivity index (χ3v) is 3.70. The Balaban J connectivity index is 1.86. The van der Waals surface area contributed by atoms with Crippen molar-refractivity contribution in [3.63, 3.8) is 0 Å². The highest BCUT2D eigenvalue weighted by Gasteiger charge is 2.23. The predicted octanol–water partition coefficient (Wildman–Crippen LogP) is 1.24. The van der Waals surface area contributed by atoms with E-state index < -0.39 is 0 Å². The number of thiophene rings is 1. The number of ketones is 1. The highest BCUT2D eigenvalue weighted by molar-refractivity contribution is 7.12. The van der Waals surface area contributed by atoms with Crippen LogP contribution in [-0.4, -0.2) is 42.0 Å². The molecule has 1 aliphatic rings.